The Morgan fingerprint density at radius 1 is 1.50 bits per heavy atom. The lowest BCUT2D eigenvalue weighted by Crippen LogP contribution is -2.37. The van der Waals surface area contributed by atoms with Crippen molar-refractivity contribution in [3.63, 3.8) is 0 Å². The molecule has 0 radical (unpaired) electrons. The largest absolute Gasteiger partial charge is 0.479 e. The number of carbonyl (C=O) groups is 2. The molecule has 0 spiro atoms. The molecular formula is C10H10Cl2N2O4. The number of carboxylic acids is 1. The van der Waals surface area contributed by atoms with Crippen molar-refractivity contribution in [3.8, 4) is 0 Å². The van der Waals surface area contributed by atoms with Gasteiger partial charge in [-0.1, -0.05) is 23.2 Å². The maximum absolute atomic E-state index is 11.7. The number of carbonyl (C=O) groups excluding carboxylic acids is 1. The number of methoxy groups -OCH3 is 1. The predicted octanol–water partition coefficient (Wildman–Crippen LogP) is 1.22. The highest BCUT2D eigenvalue weighted by molar-refractivity contribution is 6.34. The average Bonchev–Trinajstić information content (AvgIpc) is 2.28. The molecule has 1 amide bonds. The number of pyridine rings is 1. The van der Waals surface area contributed by atoms with Crippen LogP contribution >= 0.6 is 23.2 Å². The van der Waals surface area contributed by atoms with Gasteiger partial charge in [0.05, 0.1) is 12.1 Å². The Bertz CT molecular complexity index is 467. The van der Waals surface area contributed by atoms with Crippen LogP contribution in [0.5, 0.6) is 0 Å². The molecule has 98 valence electrons. The number of rotatable bonds is 5. The number of halogens is 2. The highest BCUT2D eigenvalue weighted by Gasteiger charge is 2.19. The molecule has 2 N–H and O–H groups in total. The summed E-state index contributed by atoms with van der Waals surface area (Å²) in [6.07, 6.45) is -1.12. The number of hydrogen-bond acceptors (Lipinski definition) is 4. The van der Waals surface area contributed by atoms with E-state index in [2.05, 4.69) is 15.0 Å². The Kier molecular flexibility index (Phi) is 5.33. The molecule has 0 bridgehead atoms. The van der Waals surface area contributed by atoms with Gasteiger partial charge in [-0.05, 0) is 12.1 Å². The Labute approximate surface area is 113 Å². The number of ether oxygens (including phenoxy) is 1. The Morgan fingerprint density at radius 2 is 2.17 bits per heavy atom. The fraction of sp³-hybridized carbons (Fsp3) is 0.300. The zero-order chi connectivity index (χ0) is 13.7. The van der Waals surface area contributed by atoms with Gasteiger partial charge in [0.1, 0.15) is 10.3 Å². The standard InChI is InChI=1S/C10H10Cl2N2O4/c1-18-6(10(16)17)4-13-9(15)5-2-3-7(11)14-8(5)12/h2-3,6H,4H2,1H3,(H,13,15)(H,16,17). The highest BCUT2D eigenvalue weighted by Crippen LogP contribution is 2.16. The third-order valence-corrected chi connectivity index (χ3v) is 2.57. The van der Waals surface area contributed by atoms with Crippen LogP contribution in [0, 0.1) is 0 Å². The molecular weight excluding hydrogens is 283 g/mol. The van der Waals surface area contributed by atoms with Crippen molar-refractivity contribution in [2.75, 3.05) is 13.7 Å². The molecule has 1 atom stereocenters. The highest BCUT2D eigenvalue weighted by atomic mass is 35.5. The first kappa shape index (κ1) is 14.7. The van der Waals surface area contributed by atoms with E-state index in [1.807, 2.05) is 0 Å². The van der Waals surface area contributed by atoms with Gasteiger partial charge >= 0.3 is 5.97 Å². The second-order valence-corrected chi connectivity index (χ2v) is 3.99. The van der Waals surface area contributed by atoms with Crippen LogP contribution in [0.4, 0.5) is 0 Å². The smallest absolute Gasteiger partial charge is 0.334 e. The fourth-order valence-electron chi connectivity index (χ4n) is 1.13. The van der Waals surface area contributed by atoms with Crippen molar-refractivity contribution in [1.82, 2.24) is 10.3 Å². The van der Waals surface area contributed by atoms with E-state index in [-0.39, 0.29) is 22.4 Å². The van der Waals surface area contributed by atoms with Crippen LogP contribution in [-0.4, -0.2) is 41.7 Å². The van der Waals surface area contributed by atoms with Gasteiger partial charge in [0.2, 0.25) is 0 Å². The van der Waals surface area contributed by atoms with Crippen LogP contribution in [0.15, 0.2) is 12.1 Å². The summed E-state index contributed by atoms with van der Waals surface area (Å²) in [6.45, 7) is -0.177. The van der Waals surface area contributed by atoms with Crippen molar-refractivity contribution in [3.05, 3.63) is 28.0 Å². The Morgan fingerprint density at radius 3 is 2.67 bits per heavy atom. The molecule has 1 unspecified atom stereocenters. The SMILES string of the molecule is COC(CNC(=O)c1ccc(Cl)nc1Cl)C(=O)O. The predicted molar refractivity (Wildman–Crippen MR) is 65.0 cm³/mol. The Balaban J connectivity index is 2.68. The van der Waals surface area contributed by atoms with Crippen LogP contribution in [0.25, 0.3) is 0 Å². The maximum atomic E-state index is 11.7. The molecule has 0 aliphatic carbocycles. The summed E-state index contributed by atoms with van der Waals surface area (Å²) >= 11 is 11.3. The molecule has 6 nitrogen and oxygen atoms in total. The molecule has 0 saturated carbocycles. The minimum absolute atomic E-state index is 0.0516. The van der Waals surface area contributed by atoms with Gasteiger partial charge < -0.3 is 15.2 Å². The van der Waals surface area contributed by atoms with E-state index in [9.17, 15) is 9.59 Å². The van der Waals surface area contributed by atoms with Crippen LogP contribution in [0.3, 0.4) is 0 Å². The third kappa shape index (κ3) is 3.83. The molecule has 0 aromatic carbocycles. The lowest BCUT2D eigenvalue weighted by molar-refractivity contribution is -0.147. The minimum atomic E-state index is -1.17. The average molecular weight is 293 g/mol. The first-order valence-electron chi connectivity index (χ1n) is 4.81. The van der Waals surface area contributed by atoms with Gasteiger partial charge in [-0.2, -0.15) is 0 Å². The van der Waals surface area contributed by atoms with Crippen molar-refractivity contribution in [1.29, 1.82) is 0 Å². The maximum Gasteiger partial charge on any atom is 0.334 e. The summed E-state index contributed by atoms with van der Waals surface area (Å²) in [4.78, 5) is 26.1. The first-order chi connectivity index (χ1) is 8.45. The summed E-state index contributed by atoms with van der Waals surface area (Å²) < 4.78 is 4.66. The van der Waals surface area contributed by atoms with E-state index in [4.69, 9.17) is 28.3 Å². The quantitative estimate of drug-likeness (QED) is 0.797. The molecule has 1 rings (SSSR count). The molecule has 0 saturated heterocycles. The number of aliphatic carboxylic acids is 1. The second-order valence-electron chi connectivity index (χ2n) is 3.24. The molecule has 0 fully saturated rings. The molecule has 1 heterocycles. The summed E-state index contributed by atoms with van der Waals surface area (Å²) in [5.41, 5.74) is 0.112. The number of aromatic nitrogens is 1. The number of carboxylic acid groups (broad SMARTS) is 1. The van der Waals surface area contributed by atoms with E-state index >= 15 is 0 Å². The summed E-state index contributed by atoms with van der Waals surface area (Å²) in [5, 5.41) is 11.2. The minimum Gasteiger partial charge on any atom is -0.479 e. The number of nitrogens with one attached hydrogen (secondary N) is 1. The van der Waals surface area contributed by atoms with Gasteiger partial charge in [-0.15, -0.1) is 0 Å². The zero-order valence-electron chi connectivity index (χ0n) is 9.31. The molecule has 0 aliphatic heterocycles. The molecule has 1 aromatic heterocycles. The van der Waals surface area contributed by atoms with Gasteiger partial charge in [0, 0.05) is 7.11 Å². The first-order valence-corrected chi connectivity index (χ1v) is 5.57. The van der Waals surface area contributed by atoms with Crippen LogP contribution < -0.4 is 5.32 Å². The topological polar surface area (TPSA) is 88.5 Å². The lowest BCUT2D eigenvalue weighted by atomic mass is 10.2. The summed E-state index contributed by atoms with van der Waals surface area (Å²) in [6, 6.07) is 2.81. The molecule has 18 heavy (non-hydrogen) atoms. The lowest BCUT2D eigenvalue weighted by Gasteiger charge is -2.11. The van der Waals surface area contributed by atoms with Crippen LogP contribution in [-0.2, 0) is 9.53 Å². The van der Waals surface area contributed by atoms with Crippen molar-refractivity contribution < 1.29 is 19.4 Å². The van der Waals surface area contributed by atoms with Crippen LogP contribution in [0.2, 0.25) is 10.3 Å². The van der Waals surface area contributed by atoms with E-state index in [1.165, 1.54) is 19.2 Å². The fourth-order valence-corrected chi connectivity index (χ4v) is 1.56. The van der Waals surface area contributed by atoms with Gasteiger partial charge in [0.15, 0.2) is 6.10 Å². The van der Waals surface area contributed by atoms with Gasteiger partial charge in [0.25, 0.3) is 5.91 Å². The monoisotopic (exact) mass is 292 g/mol. The number of hydrogen-bond donors (Lipinski definition) is 2. The van der Waals surface area contributed by atoms with Gasteiger partial charge in [-0.25, -0.2) is 9.78 Å². The summed E-state index contributed by atoms with van der Waals surface area (Å²) in [5.74, 6) is -1.72. The van der Waals surface area contributed by atoms with Crippen molar-refractivity contribution in [2.24, 2.45) is 0 Å². The van der Waals surface area contributed by atoms with Crippen LogP contribution in [0.1, 0.15) is 10.4 Å². The normalized spacial score (nSPS) is 11.9. The number of amides is 1. The molecule has 0 aliphatic rings. The number of nitrogens with zero attached hydrogens (tertiary/aromatic N) is 1. The summed E-state index contributed by atoms with van der Waals surface area (Å²) in [7, 11) is 1.24. The van der Waals surface area contributed by atoms with Gasteiger partial charge in [-0.3, -0.25) is 4.79 Å². The molecule has 8 heteroatoms. The zero-order valence-corrected chi connectivity index (χ0v) is 10.8. The second kappa shape index (κ2) is 6.53. The van der Waals surface area contributed by atoms with E-state index in [0.29, 0.717) is 0 Å². The van der Waals surface area contributed by atoms with E-state index in [1.54, 1.807) is 0 Å². The van der Waals surface area contributed by atoms with Crippen molar-refractivity contribution in [2.45, 2.75) is 6.10 Å². The third-order valence-electron chi connectivity index (χ3n) is 2.07. The van der Waals surface area contributed by atoms with E-state index in [0.717, 1.165) is 0 Å². The molecule has 1 aromatic rings. The van der Waals surface area contributed by atoms with Crippen molar-refractivity contribution >= 4 is 35.1 Å². The van der Waals surface area contributed by atoms with E-state index < -0.39 is 18.0 Å². The Hall–Kier alpha value is -1.37.